The molecule has 0 aliphatic carbocycles. The van der Waals surface area contributed by atoms with E-state index in [1.807, 2.05) is 13.0 Å². The predicted octanol–water partition coefficient (Wildman–Crippen LogP) is 4.32. The Kier molecular flexibility index (Phi) is 8.43. The fourth-order valence-electron chi connectivity index (χ4n) is 3.17. The van der Waals surface area contributed by atoms with E-state index < -0.39 is 0 Å². The van der Waals surface area contributed by atoms with Gasteiger partial charge in [-0.1, -0.05) is 32.0 Å². The van der Waals surface area contributed by atoms with Gasteiger partial charge in [0.25, 0.3) is 11.8 Å². The molecule has 3 rings (SSSR count). The quantitative estimate of drug-likeness (QED) is 0.434. The van der Waals surface area contributed by atoms with Crippen molar-refractivity contribution < 1.29 is 19.1 Å². The monoisotopic (exact) mass is 467 g/mol. The summed E-state index contributed by atoms with van der Waals surface area (Å²) in [5.41, 5.74) is 3.11. The van der Waals surface area contributed by atoms with Gasteiger partial charge < -0.3 is 20.1 Å². The van der Waals surface area contributed by atoms with Crippen LogP contribution in [0.25, 0.3) is 0 Å². The summed E-state index contributed by atoms with van der Waals surface area (Å²) in [7, 11) is 1.55. The average Bonchev–Trinajstić information content (AvgIpc) is 3.29. The van der Waals surface area contributed by atoms with Gasteiger partial charge in [0.2, 0.25) is 0 Å². The zero-order chi connectivity index (χ0) is 23.8. The maximum absolute atomic E-state index is 12.4. The molecule has 0 saturated carbocycles. The van der Waals surface area contributed by atoms with Crippen LogP contribution in [0.1, 0.15) is 56.7 Å². The van der Waals surface area contributed by atoms with Gasteiger partial charge in [0.15, 0.2) is 0 Å². The van der Waals surface area contributed by atoms with Crippen molar-refractivity contribution in [3.8, 4) is 11.5 Å². The summed E-state index contributed by atoms with van der Waals surface area (Å²) in [6, 6.07) is 13.1. The number of aryl methyl sites for hydroxylation is 1. The Morgan fingerprint density at radius 1 is 1.06 bits per heavy atom. The van der Waals surface area contributed by atoms with E-state index in [0.717, 1.165) is 21.9 Å². The lowest BCUT2D eigenvalue weighted by Crippen LogP contribution is -2.34. The van der Waals surface area contributed by atoms with Gasteiger partial charge in [-0.15, -0.1) is 11.3 Å². The summed E-state index contributed by atoms with van der Waals surface area (Å²) in [5, 5.41) is 7.98. The van der Waals surface area contributed by atoms with Gasteiger partial charge in [-0.2, -0.15) is 0 Å². The third kappa shape index (κ3) is 6.79. The zero-order valence-electron chi connectivity index (χ0n) is 19.3. The van der Waals surface area contributed by atoms with E-state index in [-0.39, 0.29) is 11.8 Å². The third-order valence-electron chi connectivity index (χ3n) is 4.95. The van der Waals surface area contributed by atoms with Gasteiger partial charge in [0, 0.05) is 24.0 Å². The number of hydrogen-bond donors (Lipinski definition) is 2. The Bertz CT molecular complexity index is 1110. The van der Waals surface area contributed by atoms with Crippen LogP contribution in [0, 0.1) is 6.92 Å². The zero-order valence-corrected chi connectivity index (χ0v) is 20.1. The van der Waals surface area contributed by atoms with E-state index in [1.54, 1.807) is 36.8 Å². The van der Waals surface area contributed by atoms with E-state index in [4.69, 9.17) is 9.47 Å². The van der Waals surface area contributed by atoms with Gasteiger partial charge >= 0.3 is 0 Å². The second-order valence-electron chi connectivity index (χ2n) is 7.85. The maximum Gasteiger partial charge on any atom is 0.270 e. The summed E-state index contributed by atoms with van der Waals surface area (Å²) >= 11 is 1.38. The second-order valence-corrected chi connectivity index (χ2v) is 8.80. The number of amides is 2. The molecule has 1 heterocycles. The van der Waals surface area contributed by atoms with Crippen molar-refractivity contribution in [2.45, 2.75) is 33.3 Å². The number of carbonyl (C=O) groups excluding carboxylic acids is 2. The Morgan fingerprint density at radius 3 is 2.55 bits per heavy atom. The summed E-state index contributed by atoms with van der Waals surface area (Å²) < 4.78 is 11.1. The van der Waals surface area contributed by atoms with Crippen LogP contribution in [0.3, 0.4) is 0 Å². The van der Waals surface area contributed by atoms with Crippen molar-refractivity contribution in [3.63, 3.8) is 0 Å². The molecule has 33 heavy (non-hydrogen) atoms. The molecule has 0 bridgehead atoms. The molecule has 0 radical (unpaired) electrons. The fraction of sp³-hybridized carbons (Fsp3) is 0.320. The lowest BCUT2D eigenvalue weighted by atomic mass is 10.0. The number of aromatic nitrogens is 1. The smallest absolute Gasteiger partial charge is 0.270 e. The molecular weight excluding hydrogens is 438 g/mol. The van der Waals surface area contributed by atoms with Crippen LogP contribution in [0.15, 0.2) is 47.8 Å². The Labute approximate surface area is 198 Å². The van der Waals surface area contributed by atoms with Gasteiger partial charge in [-0.25, -0.2) is 4.98 Å². The molecule has 2 N–H and O–H groups in total. The first kappa shape index (κ1) is 24.3. The number of nitrogens with zero attached hydrogens (tertiary/aromatic N) is 1. The molecule has 0 saturated heterocycles. The van der Waals surface area contributed by atoms with Crippen molar-refractivity contribution in [3.05, 3.63) is 75.2 Å². The SMILES string of the molecule is COc1cccc(C(=O)NCCNC(=O)c2csc(COc3cc(C)ccc3C(C)C)n2)c1. The van der Waals surface area contributed by atoms with E-state index in [1.165, 1.54) is 11.3 Å². The molecule has 0 unspecified atom stereocenters. The highest BCUT2D eigenvalue weighted by atomic mass is 32.1. The van der Waals surface area contributed by atoms with Crippen molar-refractivity contribution in [2.75, 3.05) is 20.2 Å². The summed E-state index contributed by atoms with van der Waals surface area (Å²) in [6.07, 6.45) is 0. The largest absolute Gasteiger partial charge is 0.497 e. The average molecular weight is 468 g/mol. The van der Waals surface area contributed by atoms with E-state index in [9.17, 15) is 9.59 Å². The molecule has 0 fully saturated rings. The number of rotatable bonds is 10. The van der Waals surface area contributed by atoms with Crippen LogP contribution in [-0.4, -0.2) is 37.0 Å². The summed E-state index contributed by atoms with van der Waals surface area (Å²) in [6.45, 7) is 7.18. The molecule has 174 valence electrons. The number of carbonyl (C=O) groups is 2. The minimum atomic E-state index is -0.286. The summed E-state index contributed by atoms with van der Waals surface area (Å²) in [5.74, 6) is 1.29. The van der Waals surface area contributed by atoms with Crippen molar-refractivity contribution in [1.29, 1.82) is 0 Å². The van der Waals surface area contributed by atoms with E-state index >= 15 is 0 Å². The number of ether oxygens (including phenoxy) is 2. The predicted molar refractivity (Wildman–Crippen MR) is 129 cm³/mol. The maximum atomic E-state index is 12.4. The van der Waals surface area contributed by atoms with Crippen LogP contribution >= 0.6 is 11.3 Å². The minimum Gasteiger partial charge on any atom is -0.497 e. The molecule has 0 spiro atoms. The van der Waals surface area contributed by atoms with Crippen LogP contribution < -0.4 is 20.1 Å². The Hall–Kier alpha value is -3.39. The first-order valence-corrected chi connectivity index (χ1v) is 11.6. The Morgan fingerprint density at radius 2 is 1.82 bits per heavy atom. The lowest BCUT2D eigenvalue weighted by molar-refractivity contribution is 0.0925. The van der Waals surface area contributed by atoms with E-state index in [0.29, 0.717) is 42.6 Å². The highest BCUT2D eigenvalue weighted by Crippen LogP contribution is 2.28. The topological polar surface area (TPSA) is 89.6 Å². The molecule has 3 aromatic rings. The van der Waals surface area contributed by atoms with Crippen molar-refractivity contribution in [2.24, 2.45) is 0 Å². The van der Waals surface area contributed by atoms with Crippen LogP contribution in [0.5, 0.6) is 11.5 Å². The fourth-order valence-corrected chi connectivity index (χ4v) is 3.86. The number of methoxy groups -OCH3 is 1. The molecule has 8 heteroatoms. The minimum absolute atomic E-state index is 0.229. The van der Waals surface area contributed by atoms with Crippen molar-refractivity contribution >= 4 is 23.2 Å². The van der Waals surface area contributed by atoms with Crippen LogP contribution in [0.2, 0.25) is 0 Å². The van der Waals surface area contributed by atoms with Crippen LogP contribution in [0.4, 0.5) is 0 Å². The molecule has 0 atom stereocenters. The third-order valence-corrected chi connectivity index (χ3v) is 5.78. The lowest BCUT2D eigenvalue weighted by Gasteiger charge is -2.14. The van der Waals surface area contributed by atoms with Crippen molar-refractivity contribution in [1.82, 2.24) is 15.6 Å². The van der Waals surface area contributed by atoms with Gasteiger partial charge in [-0.05, 0) is 48.2 Å². The number of nitrogens with one attached hydrogen (secondary N) is 2. The first-order valence-electron chi connectivity index (χ1n) is 10.8. The summed E-state index contributed by atoms with van der Waals surface area (Å²) in [4.78, 5) is 29.0. The number of hydrogen-bond acceptors (Lipinski definition) is 6. The normalized spacial score (nSPS) is 10.7. The molecule has 1 aromatic heterocycles. The number of benzene rings is 2. The highest BCUT2D eigenvalue weighted by Gasteiger charge is 2.13. The first-order chi connectivity index (χ1) is 15.9. The molecule has 2 aromatic carbocycles. The standard InChI is InChI=1S/C25H29N3O4S/c1-16(2)20-9-8-17(3)12-22(20)32-14-23-28-21(15-33-23)25(30)27-11-10-26-24(29)18-6-5-7-19(13-18)31-4/h5-9,12-13,15-16H,10-11,14H2,1-4H3,(H,26,29)(H,27,30). The molecule has 0 aliphatic rings. The molecular formula is C25H29N3O4S. The number of thiazole rings is 1. The Balaban J connectivity index is 1.46. The van der Waals surface area contributed by atoms with E-state index in [2.05, 4.69) is 41.6 Å². The van der Waals surface area contributed by atoms with Gasteiger partial charge in [-0.3, -0.25) is 9.59 Å². The molecule has 7 nitrogen and oxygen atoms in total. The van der Waals surface area contributed by atoms with Crippen LogP contribution in [-0.2, 0) is 6.61 Å². The van der Waals surface area contributed by atoms with Gasteiger partial charge in [0.1, 0.15) is 28.8 Å². The second kappa shape index (κ2) is 11.5. The highest BCUT2D eigenvalue weighted by molar-refractivity contribution is 7.09. The van der Waals surface area contributed by atoms with Gasteiger partial charge in [0.05, 0.1) is 7.11 Å². The molecule has 2 amide bonds. The molecule has 0 aliphatic heterocycles.